The van der Waals surface area contributed by atoms with Crippen LogP contribution in [-0.2, 0) is 9.53 Å². The molecule has 25 heavy (non-hydrogen) atoms. The standard InChI is InChI=1S/C22H43NO2/c1-18(2)14-12-10-8-9-11-13-15-20(24)25-19-16-21(3,4)23(7)22(5,6)17-19/h18-19H,8-17H2,1-7H3. The van der Waals surface area contributed by atoms with Crippen molar-refractivity contribution in [3.63, 3.8) is 0 Å². The highest BCUT2D eigenvalue weighted by Crippen LogP contribution is 2.38. The molecule has 1 aliphatic rings. The molecule has 0 aromatic carbocycles. The van der Waals surface area contributed by atoms with Gasteiger partial charge in [0.15, 0.2) is 0 Å². The predicted molar refractivity (Wildman–Crippen MR) is 107 cm³/mol. The lowest BCUT2D eigenvalue weighted by molar-refractivity contribution is -0.159. The van der Waals surface area contributed by atoms with Crippen molar-refractivity contribution in [2.45, 2.75) is 123 Å². The lowest BCUT2D eigenvalue weighted by Crippen LogP contribution is -2.60. The Morgan fingerprint density at radius 3 is 1.96 bits per heavy atom. The van der Waals surface area contributed by atoms with E-state index in [2.05, 4.69) is 53.5 Å². The number of likely N-dealkylation sites (tertiary alicyclic amines) is 1. The van der Waals surface area contributed by atoms with Crippen LogP contribution in [0.3, 0.4) is 0 Å². The zero-order valence-corrected chi connectivity index (χ0v) is 18.0. The van der Waals surface area contributed by atoms with Gasteiger partial charge >= 0.3 is 5.97 Å². The second-order valence-electron chi connectivity index (χ2n) is 9.76. The number of hydrogen-bond donors (Lipinski definition) is 0. The maximum atomic E-state index is 12.2. The van der Waals surface area contributed by atoms with Gasteiger partial charge in [-0.3, -0.25) is 9.69 Å². The Hall–Kier alpha value is -0.570. The van der Waals surface area contributed by atoms with Crippen LogP contribution in [0.5, 0.6) is 0 Å². The van der Waals surface area contributed by atoms with E-state index in [1.54, 1.807) is 0 Å². The highest BCUT2D eigenvalue weighted by molar-refractivity contribution is 5.69. The molecule has 3 heteroatoms. The first-order chi connectivity index (χ1) is 11.5. The molecule has 148 valence electrons. The van der Waals surface area contributed by atoms with Crippen molar-refractivity contribution in [1.82, 2.24) is 4.90 Å². The number of piperidine rings is 1. The van der Waals surface area contributed by atoms with Crippen molar-refractivity contribution in [3.05, 3.63) is 0 Å². The number of carbonyl (C=O) groups is 1. The zero-order valence-electron chi connectivity index (χ0n) is 18.0. The summed E-state index contributed by atoms with van der Waals surface area (Å²) in [4.78, 5) is 14.6. The quantitative estimate of drug-likeness (QED) is 0.358. The van der Waals surface area contributed by atoms with Crippen molar-refractivity contribution >= 4 is 5.97 Å². The summed E-state index contributed by atoms with van der Waals surface area (Å²) in [6.45, 7) is 13.6. The highest BCUT2D eigenvalue weighted by atomic mass is 16.5. The first kappa shape index (κ1) is 22.5. The normalized spacial score (nSPS) is 20.8. The molecule has 0 N–H and O–H groups in total. The van der Waals surface area contributed by atoms with E-state index < -0.39 is 0 Å². The van der Waals surface area contributed by atoms with Gasteiger partial charge in [0.25, 0.3) is 0 Å². The van der Waals surface area contributed by atoms with Crippen LogP contribution in [0, 0.1) is 5.92 Å². The number of rotatable bonds is 10. The van der Waals surface area contributed by atoms with Crippen LogP contribution >= 0.6 is 0 Å². The van der Waals surface area contributed by atoms with Crippen LogP contribution in [0.2, 0.25) is 0 Å². The summed E-state index contributed by atoms with van der Waals surface area (Å²) in [5.41, 5.74) is 0.144. The average molecular weight is 354 g/mol. The van der Waals surface area contributed by atoms with Crippen molar-refractivity contribution < 1.29 is 9.53 Å². The SMILES string of the molecule is CC(C)CCCCCCCCC(=O)OC1CC(C)(C)N(C)C(C)(C)C1. The van der Waals surface area contributed by atoms with Crippen LogP contribution in [0.4, 0.5) is 0 Å². The average Bonchev–Trinajstić information content (AvgIpc) is 2.46. The Morgan fingerprint density at radius 1 is 0.960 bits per heavy atom. The summed E-state index contributed by atoms with van der Waals surface area (Å²) in [6.07, 6.45) is 11.2. The Balaban J connectivity index is 2.18. The highest BCUT2D eigenvalue weighted by Gasteiger charge is 2.44. The first-order valence-corrected chi connectivity index (χ1v) is 10.5. The van der Waals surface area contributed by atoms with E-state index in [9.17, 15) is 4.79 Å². The number of esters is 1. The molecule has 1 fully saturated rings. The summed E-state index contributed by atoms with van der Waals surface area (Å²) >= 11 is 0. The molecule has 0 amide bonds. The van der Waals surface area contributed by atoms with Gasteiger partial charge in [-0.15, -0.1) is 0 Å². The van der Waals surface area contributed by atoms with E-state index in [-0.39, 0.29) is 23.2 Å². The monoisotopic (exact) mass is 353 g/mol. The summed E-state index contributed by atoms with van der Waals surface area (Å²) in [5.74, 6) is 0.824. The molecule has 3 nitrogen and oxygen atoms in total. The van der Waals surface area contributed by atoms with Crippen molar-refractivity contribution in [3.8, 4) is 0 Å². The van der Waals surface area contributed by atoms with Gasteiger partial charge in [0.05, 0.1) is 0 Å². The summed E-state index contributed by atoms with van der Waals surface area (Å²) in [6, 6.07) is 0. The van der Waals surface area contributed by atoms with Crippen LogP contribution in [0.15, 0.2) is 0 Å². The molecule has 0 aromatic rings. The fourth-order valence-corrected chi connectivity index (χ4v) is 4.14. The number of nitrogens with zero attached hydrogens (tertiary/aromatic N) is 1. The maximum Gasteiger partial charge on any atom is 0.306 e. The molecule has 1 heterocycles. The molecule has 0 atom stereocenters. The molecule has 1 saturated heterocycles. The molecule has 0 spiro atoms. The minimum absolute atomic E-state index is 0.000890. The number of ether oxygens (including phenoxy) is 1. The fraction of sp³-hybridized carbons (Fsp3) is 0.955. The van der Waals surface area contributed by atoms with Gasteiger partial charge in [-0.25, -0.2) is 0 Å². The Morgan fingerprint density at radius 2 is 1.44 bits per heavy atom. The summed E-state index contributed by atoms with van der Waals surface area (Å²) in [7, 11) is 2.18. The minimum Gasteiger partial charge on any atom is -0.462 e. The number of hydrogen-bond acceptors (Lipinski definition) is 3. The number of carbonyl (C=O) groups excluding carboxylic acids is 1. The van der Waals surface area contributed by atoms with Crippen molar-refractivity contribution in [2.24, 2.45) is 5.92 Å². The molecule has 0 aliphatic carbocycles. The third-order valence-electron chi connectivity index (χ3n) is 5.98. The minimum atomic E-state index is 0.000890. The van der Waals surface area contributed by atoms with Crippen molar-refractivity contribution in [2.75, 3.05) is 7.05 Å². The van der Waals surface area contributed by atoms with Crippen LogP contribution < -0.4 is 0 Å². The van der Waals surface area contributed by atoms with E-state index >= 15 is 0 Å². The van der Waals surface area contributed by atoms with E-state index in [4.69, 9.17) is 4.74 Å². The van der Waals surface area contributed by atoms with Crippen molar-refractivity contribution in [1.29, 1.82) is 0 Å². The Bertz CT molecular complexity index is 383. The summed E-state index contributed by atoms with van der Waals surface area (Å²) < 4.78 is 5.82. The molecular weight excluding hydrogens is 310 g/mol. The lowest BCUT2D eigenvalue weighted by Gasteiger charge is -2.53. The van der Waals surface area contributed by atoms with Crippen LogP contribution in [-0.4, -0.2) is 35.1 Å². The van der Waals surface area contributed by atoms with E-state index in [0.717, 1.165) is 31.6 Å². The van der Waals surface area contributed by atoms with E-state index in [0.29, 0.717) is 6.42 Å². The third-order valence-corrected chi connectivity index (χ3v) is 5.98. The molecule has 1 rings (SSSR count). The van der Waals surface area contributed by atoms with Crippen LogP contribution in [0.25, 0.3) is 0 Å². The molecule has 0 saturated carbocycles. The topological polar surface area (TPSA) is 29.5 Å². The van der Waals surface area contributed by atoms with Gasteiger partial charge in [-0.05, 0) is 47.1 Å². The van der Waals surface area contributed by atoms with Gasteiger partial charge in [-0.2, -0.15) is 0 Å². The fourth-order valence-electron chi connectivity index (χ4n) is 4.14. The second kappa shape index (κ2) is 9.94. The Kier molecular flexibility index (Phi) is 8.94. The second-order valence-corrected chi connectivity index (χ2v) is 9.76. The molecule has 0 bridgehead atoms. The molecule has 1 aliphatic heterocycles. The number of unbranched alkanes of at least 4 members (excludes halogenated alkanes) is 5. The maximum absolute atomic E-state index is 12.2. The predicted octanol–water partition coefficient (Wildman–Crippen LogP) is 5.96. The first-order valence-electron chi connectivity index (χ1n) is 10.5. The van der Waals surface area contributed by atoms with Gasteiger partial charge in [0.1, 0.15) is 6.10 Å². The van der Waals surface area contributed by atoms with Crippen LogP contribution in [0.1, 0.15) is 106 Å². The molecular formula is C22H43NO2. The third kappa shape index (κ3) is 8.11. The van der Waals surface area contributed by atoms with E-state index in [1.165, 1.54) is 32.1 Å². The van der Waals surface area contributed by atoms with E-state index in [1.807, 2.05) is 0 Å². The smallest absolute Gasteiger partial charge is 0.306 e. The van der Waals surface area contributed by atoms with Gasteiger partial charge in [0, 0.05) is 30.3 Å². The molecule has 0 aromatic heterocycles. The Labute approximate surface area is 156 Å². The van der Waals surface area contributed by atoms with Gasteiger partial charge < -0.3 is 4.74 Å². The largest absolute Gasteiger partial charge is 0.462 e. The lowest BCUT2D eigenvalue weighted by atomic mass is 9.79. The zero-order chi connectivity index (χ0) is 19.1. The molecule has 0 radical (unpaired) electrons. The van der Waals surface area contributed by atoms with Gasteiger partial charge in [-0.1, -0.05) is 52.4 Å². The molecule has 0 unspecified atom stereocenters. The van der Waals surface area contributed by atoms with Gasteiger partial charge in [0.2, 0.25) is 0 Å². The summed E-state index contributed by atoms with van der Waals surface area (Å²) in [5, 5.41) is 0.